The van der Waals surface area contributed by atoms with E-state index in [1.54, 1.807) is 6.07 Å². The zero-order valence-corrected chi connectivity index (χ0v) is 11.2. The van der Waals surface area contributed by atoms with Crippen LogP contribution in [0, 0.1) is 25.5 Å². The molecule has 0 radical (unpaired) electrons. The van der Waals surface area contributed by atoms with Crippen molar-refractivity contribution in [2.45, 2.75) is 23.9 Å². The van der Waals surface area contributed by atoms with Crippen LogP contribution in [0.1, 0.15) is 11.3 Å². The molecule has 0 atom stereocenters. The lowest BCUT2D eigenvalue weighted by Crippen LogP contribution is -2.11. The Hall–Kier alpha value is -1.73. The molecular weight excluding hydrogens is 270 g/mol. The van der Waals surface area contributed by atoms with Gasteiger partial charge in [0.2, 0.25) is 0 Å². The highest BCUT2D eigenvalue weighted by molar-refractivity contribution is 7.99. The number of hydrogen-bond acceptors (Lipinski definition) is 5. The van der Waals surface area contributed by atoms with E-state index in [1.807, 2.05) is 19.9 Å². The molecule has 0 aromatic carbocycles. The van der Waals surface area contributed by atoms with Crippen LogP contribution >= 0.6 is 11.8 Å². The molecule has 100 valence electrons. The molecule has 4 nitrogen and oxygen atoms in total. The summed E-state index contributed by atoms with van der Waals surface area (Å²) in [6.07, 6.45) is 0. The third-order valence-corrected chi connectivity index (χ3v) is 3.21. The Morgan fingerprint density at radius 3 is 2.47 bits per heavy atom. The molecule has 0 fully saturated rings. The summed E-state index contributed by atoms with van der Waals surface area (Å²) in [5.74, 6) is 3.33. The fraction of sp³-hybridized carbons (Fsp3) is 0.167. The molecule has 0 bridgehead atoms. The molecule has 2 aromatic rings. The normalized spacial score (nSPS) is 10.6. The van der Waals surface area contributed by atoms with Gasteiger partial charge in [-0.2, -0.15) is 0 Å². The smallest absolute Gasteiger partial charge is 0.177 e. The van der Waals surface area contributed by atoms with Gasteiger partial charge in [-0.3, -0.25) is 0 Å². The van der Waals surface area contributed by atoms with Crippen molar-refractivity contribution in [1.82, 2.24) is 9.97 Å². The molecule has 0 saturated carbocycles. The highest BCUT2D eigenvalue weighted by Crippen LogP contribution is 2.29. The van der Waals surface area contributed by atoms with Gasteiger partial charge in [-0.1, -0.05) is 0 Å². The van der Waals surface area contributed by atoms with E-state index >= 15 is 0 Å². The van der Waals surface area contributed by atoms with Gasteiger partial charge in [-0.15, -0.1) is 0 Å². The number of nitrogens with two attached hydrogens (primary N) is 1. The van der Waals surface area contributed by atoms with Gasteiger partial charge in [0.05, 0.1) is 0 Å². The maximum atomic E-state index is 13.6. The largest absolute Gasteiger partial charge is 0.306 e. The number of pyridine rings is 2. The average Bonchev–Trinajstić information content (AvgIpc) is 2.31. The van der Waals surface area contributed by atoms with Crippen molar-refractivity contribution in [3.8, 4) is 0 Å². The lowest BCUT2D eigenvalue weighted by molar-refractivity contribution is 0.551. The molecule has 0 spiro atoms. The van der Waals surface area contributed by atoms with Gasteiger partial charge >= 0.3 is 0 Å². The Kier molecular flexibility index (Phi) is 3.96. The highest BCUT2D eigenvalue weighted by Gasteiger charge is 2.13. The molecule has 0 saturated heterocycles. The number of nitrogen functional groups attached to an aromatic ring is 1. The SMILES string of the molecule is Cc1cc(C)nc(Sc2nc(NN)c(F)cc2F)c1. The molecule has 3 N–H and O–H groups in total. The minimum Gasteiger partial charge on any atom is -0.306 e. The fourth-order valence-corrected chi connectivity index (χ4v) is 2.50. The zero-order chi connectivity index (χ0) is 14.0. The van der Waals surface area contributed by atoms with E-state index < -0.39 is 11.6 Å². The summed E-state index contributed by atoms with van der Waals surface area (Å²) < 4.78 is 26.9. The van der Waals surface area contributed by atoms with E-state index in [2.05, 4.69) is 15.4 Å². The number of aromatic nitrogens is 2. The Bertz CT molecular complexity index is 599. The number of rotatable bonds is 3. The molecule has 2 heterocycles. The Morgan fingerprint density at radius 2 is 1.84 bits per heavy atom. The number of halogens is 2. The molecule has 19 heavy (non-hydrogen) atoms. The Labute approximate surface area is 113 Å². The summed E-state index contributed by atoms with van der Waals surface area (Å²) >= 11 is 1.02. The van der Waals surface area contributed by atoms with E-state index in [0.717, 1.165) is 29.1 Å². The number of nitrogens with one attached hydrogen (secondary N) is 1. The summed E-state index contributed by atoms with van der Waals surface area (Å²) in [5, 5.41) is 0.616. The second kappa shape index (κ2) is 5.50. The third-order valence-electron chi connectivity index (χ3n) is 2.31. The van der Waals surface area contributed by atoms with Crippen molar-refractivity contribution in [1.29, 1.82) is 0 Å². The maximum absolute atomic E-state index is 13.6. The van der Waals surface area contributed by atoms with Crippen molar-refractivity contribution in [2.24, 2.45) is 5.84 Å². The van der Waals surface area contributed by atoms with Crippen molar-refractivity contribution in [3.05, 3.63) is 41.1 Å². The van der Waals surface area contributed by atoms with Crippen molar-refractivity contribution < 1.29 is 8.78 Å². The topological polar surface area (TPSA) is 63.8 Å². The van der Waals surface area contributed by atoms with E-state index in [9.17, 15) is 8.78 Å². The van der Waals surface area contributed by atoms with Crippen LogP contribution in [0.25, 0.3) is 0 Å². The van der Waals surface area contributed by atoms with Crippen molar-refractivity contribution >= 4 is 17.6 Å². The van der Waals surface area contributed by atoms with Crippen LogP contribution < -0.4 is 11.3 Å². The van der Waals surface area contributed by atoms with Gasteiger partial charge in [0, 0.05) is 11.8 Å². The standard InChI is InChI=1S/C12H12F2N4S/c1-6-3-7(2)16-10(4-6)19-12-9(14)5-8(13)11(17-12)18-15/h3-5H,15H2,1-2H3,(H,17,18). The molecule has 2 rings (SSSR count). The van der Waals surface area contributed by atoms with Crippen LogP contribution in [0.5, 0.6) is 0 Å². The molecule has 0 aliphatic heterocycles. The number of nitrogens with zero attached hydrogens (tertiary/aromatic N) is 2. The highest BCUT2D eigenvalue weighted by atomic mass is 32.2. The molecule has 2 aromatic heterocycles. The summed E-state index contributed by atoms with van der Waals surface area (Å²) in [7, 11) is 0. The summed E-state index contributed by atoms with van der Waals surface area (Å²) in [6.45, 7) is 3.76. The number of aryl methyl sites for hydroxylation is 2. The van der Waals surface area contributed by atoms with E-state index in [-0.39, 0.29) is 10.8 Å². The minimum absolute atomic E-state index is 0.0202. The number of hydrogen-bond donors (Lipinski definition) is 2. The van der Waals surface area contributed by atoms with E-state index in [4.69, 9.17) is 5.84 Å². The van der Waals surface area contributed by atoms with Crippen molar-refractivity contribution in [2.75, 3.05) is 5.43 Å². The van der Waals surface area contributed by atoms with Crippen LogP contribution in [-0.2, 0) is 0 Å². The molecule has 0 aliphatic carbocycles. The first-order chi connectivity index (χ1) is 8.99. The lowest BCUT2D eigenvalue weighted by atomic mass is 10.3. The number of hydrazine groups is 1. The fourth-order valence-electron chi connectivity index (χ4n) is 1.58. The predicted molar refractivity (Wildman–Crippen MR) is 69.8 cm³/mol. The zero-order valence-electron chi connectivity index (χ0n) is 10.4. The molecule has 7 heteroatoms. The van der Waals surface area contributed by atoms with E-state index in [0.29, 0.717) is 5.03 Å². The van der Waals surface area contributed by atoms with Gasteiger partial charge in [-0.05, 0) is 43.3 Å². The lowest BCUT2D eigenvalue weighted by Gasteiger charge is -2.07. The first-order valence-corrected chi connectivity index (χ1v) is 6.27. The van der Waals surface area contributed by atoms with Gasteiger partial charge in [0.1, 0.15) is 10.1 Å². The molecule has 0 aliphatic rings. The molecule has 0 unspecified atom stereocenters. The average molecular weight is 282 g/mol. The minimum atomic E-state index is -0.835. The quantitative estimate of drug-likeness (QED) is 0.669. The summed E-state index contributed by atoms with van der Waals surface area (Å²) in [4.78, 5) is 8.04. The predicted octanol–water partition coefficient (Wildman–Crippen LogP) is 2.81. The first kappa shape index (κ1) is 13.7. The van der Waals surface area contributed by atoms with Crippen LogP contribution in [0.4, 0.5) is 14.6 Å². The van der Waals surface area contributed by atoms with Gasteiger partial charge in [0.25, 0.3) is 0 Å². The molecule has 0 amide bonds. The number of anilines is 1. The second-order valence-corrected chi connectivity index (χ2v) is 4.99. The van der Waals surface area contributed by atoms with E-state index in [1.165, 1.54) is 0 Å². The first-order valence-electron chi connectivity index (χ1n) is 5.45. The monoisotopic (exact) mass is 282 g/mol. The van der Waals surface area contributed by atoms with Crippen LogP contribution in [-0.4, -0.2) is 9.97 Å². The van der Waals surface area contributed by atoms with Crippen molar-refractivity contribution in [3.63, 3.8) is 0 Å². The molecular formula is C12H12F2N4S. The van der Waals surface area contributed by atoms with Crippen LogP contribution in [0.2, 0.25) is 0 Å². The van der Waals surface area contributed by atoms with Crippen LogP contribution in [0.15, 0.2) is 28.3 Å². The second-order valence-electron chi connectivity index (χ2n) is 3.98. The van der Waals surface area contributed by atoms with Gasteiger partial charge in [-0.25, -0.2) is 24.6 Å². The Balaban J connectivity index is 2.37. The van der Waals surface area contributed by atoms with Crippen LogP contribution in [0.3, 0.4) is 0 Å². The summed E-state index contributed by atoms with van der Waals surface area (Å²) in [6, 6.07) is 4.45. The van der Waals surface area contributed by atoms with Gasteiger partial charge < -0.3 is 5.43 Å². The Morgan fingerprint density at radius 1 is 1.11 bits per heavy atom. The van der Waals surface area contributed by atoms with Gasteiger partial charge in [0.15, 0.2) is 17.5 Å². The third kappa shape index (κ3) is 3.18. The summed E-state index contributed by atoms with van der Waals surface area (Å²) in [5.41, 5.74) is 3.92. The maximum Gasteiger partial charge on any atom is 0.177 e.